The van der Waals surface area contributed by atoms with Gasteiger partial charge in [0, 0.05) is 11.3 Å². The fourth-order valence-electron chi connectivity index (χ4n) is 3.28. The SMILES string of the molecule is O=C1CN(NC(=O)c2nn(-c3ccc(F)cc3)c3c2CCCC3)C(=O)N1. The van der Waals surface area contributed by atoms with E-state index in [1.54, 1.807) is 16.8 Å². The average Bonchev–Trinajstić information content (AvgIpc) is 3.16. The van der Waals surface area contributed by atoms with Gasteiger partial charge in [-0.2, -0.15) is 5.10 Å². The topological polar surface area (TPSA) is 96.3 Å². The average molecular weight is 357 g/mol. The lowest BCUT2D eigenvalue weighted by atomic mass is 9.95. The molecule has 1 fully saturated rings. The van der Waals surface area contributed by atoms with Crippen LogP contribution in [0.25, 0.3) is 5.69 Å². The van der Waals surface area contributed by atoms with Gasteiger partial charge in [-0.1, -0.05) is 0 Å². The lowest BCUT2D eigenvalue weighted by Crippen LogP contribution is -2.44. The minimum Gasteiger partial charge on any atom is -0.275 e. The number of amides is 4. The Kier molecular flexibility index (Phi) is 3.90. The maximum absolute atomic E-state index is 13.2. The van der Waals surface area contributed by atoms with Gasteiger partial charge in [0.25, 0.3) is 5.91 Å². The predicted molar refractivity (Wildman–Crippen MR) is 87.9 cm³/mol. The van der Waals surface area contributed by atoms with Crippen molar-refractivity contribution in [2.24, 2.45) is 0 Å². The van der Waals surface area contributed by atoms with Crippen molar-refractivity contribution >= 4 is 17.8 Å². The summed E-state index contributed by atoms with van der Waals surface area (Å²) < 4.78 is 14.9. The lowest BCUT2D eigenvalue weighted by Gasteiger charge is -2.15. The van der Waals surface area contributed by atoms with Crippen LogP contribution in [0.15, 0.2) is 24.3 Å². The van der Waals surface area contributed by atoms with Crippen LogP contribution in [0.2, 0.25) is 0 Å². The molecule has 0 bridgehead atoms. The summed E-state index contributed by atoms with van der Waals surface area (Å²) in [6.07, 6.45) is 3.37. The zero-order valence-electron chi connectivity index (χ0n) is 13.8. The van der Waals surface area contributed by atoms with E-state index in [1.165, 1.54) is 12.1 Å². The van der Waals surface area contributed by atoms with Gasteiger partial charge in [0.1, 0.15) is 12.4 Å². The minimum absolute atomic E-state index is 0.219. The zero-order chi connectivity index (χ0) is 18.3. The number of benzene rings is 1. The summed E-state index contributed by atoms with van der Waals surface area (Å²) in [4.78, 5) is 35.5. The summed E-state index contributed by atoms with van der Waals surface area (Å²) in [6, 6.07) is 5.21. The highest BCUT2D eigenvalue weighted by Crippen LogP contribution is 2.27. The highest BCUT2D eigenvalue weighted by Gasteiger charge is 2.31. The largest absolute Gasteiger partial charge is 0.343 e. The van der Waals surface area contributed by atoms with Gasteiger partial charge < -0.3 is 0 Å². The van der Waals surface area contributed by atoms with Crippen LogP contribution in [0.4, 0.5) is 9.18 Å². The number of nitrogens with one attached hydrogen (secondary N) is 2. The Balaban J connectivity index is 1.68. The Morgan fingerprint density at radius 1 is 1.15 bits per heavy atom. The number of halogens is 1. The molecule has 0 atom stereocenters. The second-order valence-electron chi connectivity index (χ2n) is 6.25. The maximum Gasteiger partial charge on any atom is 0.343 e. The van der Waals surface area contributed by atoms with Crippen LogP contribution in [0.5, 0.6) is 0 Å². The Morgan fingerprint density at radius 3 is 2.58 bits per heavy atom. The number of nitrogens with zero attached hydrogens (tertiary/aromatic N) is 3. The van der Waals surface area contributed by atoms with Crippen LogP contribution in [-0.2, 0) is 17.6 Å². The monoisotopic (exact) mass is 357 g/mol. The van der Waals surface area contributed by atoms with E-state index in [-0.39, 0.29) is 18.1 Å². The van der Waals surface area contributed by atoms with Gasteiger partial charge in [-0.25, -0.2) is 18.9 Å². The summed E-state index contributed by atoms with van der Waals surface area (Å²) in [7, 11) is 0. The summed E-state index contributed by atoms with van der Waals surface area (Å²) in [6.45, 7) is -0.231. The Labute approximate surface area is 147 Å². The van der Waals surface area contributed by atoms with Crippen molar-refractivity contribution in [3.8, 4) is 5.69 Å². The highest BCUT2D eigenvalue weighted by atomic mass is 19.1. The molecule has 2 heterocycles. The lowest BCUT2D eigenvalue weighted by molar-refractivity contribution is -0.118. The van der Waals surface area contributed by atoms with Gasteiger partial charge in [0.15, 0.2) is 5.69 Å². The van der Waals surface area contributed by atoms with Gasteiger partial charge in [0.05, 0.1) is 5.69 Å². The van der Waals surface area contributed by atoms with Gasteiger partial charge in [-0.3, -0.25) is 20.3 Å². The summed E-state index contributed by atoms with van der Waals surface area (Å²) in [5.74, 6) is -1.37. The molecule has 1 aliphatic carbocycles. The van der Waals surface area contributed by atoms with Crippen LogP contribution < -0.4 is 10.7 Å². The molecule has 1 aromatic carbocycles. The summed E-state index contributed by atoms with van der Waals surface area (Å²) in [5.41, 5.74) is 5.04. The van der Waals surface area contributed by atoms with Gasteiger partial charge in [-0.15, -0.1) is 0 Å². The second kappa shape index (κ2) is 6.25. The molecular formula is C17H16FN5O3. The number of fused-ring (bicyclic) bond motifs is 1. The Morgan fingerprint density at radius 2 is 1.88 bits per heavy atom. The van der Waals surface area contributed by atoms with E-state index in [1.807, 2.05) is 0 Å². The van der Waals surface area contributed by atoms with Crippen LogP contribution in [0.1, 0.15) is 34.6 Å². The van der Waals surface area contributed by atoms with Crippen molar-refractivity contribution in [3.63, 3.8) is 0 Å². The maximum atomic E-state index is 13.2. The van der Waals surface area contributed by atoms with E-state index in [9.17, 15) is 18.8 Å². The molecule has 2 N–H and O–H groups in total. The molecule has 4 amide bonds. The fourth-order valence-corrected chi connectivity index (χ4v) is 3.28. The molecule has 1 saturated heterocycles. The third-order valence-electron chi connectivity index (χ3n) is 4.50. The molecule has 0 radical (unpaired) electrons. The van der Waals surface area contributed by atoms with Crippen molar-refractivity contribution in [2.75, 3.05) is 6.54 Å². The fraction of sp³-hybridized carbons (Fsp3) is 0.294. The molecule has 2 aromatic rings. The van der Waals surface area contributed by atoms with Crippen molar-refractivity contribution in [2.45, 2.75) is 25.7 Å². The van der Waals surface area contributed by atoms with Gasteiger partial charge >= 0.3 is 6.03 Å². The van der Waals surface area contributed by atoms with E-state index < -0.39 is 17.8 Å². The van der Waals surface area contributed by atoms with Crippen molar-refractivity contribution < 1.29 is 18.8 Å². The molecule has 0 saturated carbocycles. The van der Waals surface area contributed by atoms with E-state index in [2.05, 4.69) is 15.8 Å². The highest BCUT2D eigenvalue weighted by molar-refractivity contribution is 6.04. The second-order valence-corrected chi connectivity index (χ2v) is 6.25. The molecule has 134 valence electrons. The summed E-state index contributed by atoms with van der Waals surface area (Å²) >= 11 is 0. The third kappa shape index (κ3) is 2.81. The van der Waals surface area contributed by atoms with Crippen molar-refractivity contribution in [1.29, 1.82) is 0 Å². The quantitative estimate of drug-likeness (QED) is 0.804. The Hall–Kier alpha value is -3.23. The smallest absolute Gasteiger partial charge is 0.275 e. The first-order valence-corrected chi connectivity index (χ1v) is 8.32. The number of hydrogen-bond acceptors (Lipinski definition) is 4. The van der Waals surface area contributed by atoms with Crippen molar-refractivity contribution in [1.82, 2.24) is 25.5 Å². The molecule has 2 aliphatic rings. The summed E-state index contributed by atoms with van der Waals surface area (Å²) in [5, 5.41) is 7.44. The molecular weight excluding hydrogens is 341 g/mol. The first kappa shape index (κ1) is 16.2. The molecule has 0 unspecified atom stereocenters. The number of carbonyl (C=O) groups is 3. The molecule has 9 heteroatoms. The first-order valence-electron chi connectivity index (χ1n) is 8.32. The van der Waals surface area contributed by atoms with Crippen LogP contribution in [0, 0.1) is 5.82 Å². The van der Waals surface area contributed by atoms with Gasteiger partial charge in [0.2, 0.25) is 5.91 Å². The molecule has 8 nitrogen and oxygen atoms in total. The number of imide groups is 1. The molecule has 26 heavy (non-hydrogen) atoms. The van der Waals surface area contributed by atoms with Crippen LogP contribution in [-0.4, -0.2) is 39.2 Å². The number of hydrogen-bond donors (Lipinski definition) is 2. The normalized spacial score (nSPS) is 16.4. The zero-order valence-corrected chi connectivity index (χ0v) is 13.8. The van der Waals surface area contributed by atoms with Crippen molar-refractivity contribution in [3.05, 3.63) is 47.0 Å². The third-order valence-corrected chi connectivity index (χ3v) is 4.50. The standard InChI is InChI=1S/C17H16FN5O3/c18-10-5-7-11(8-6-10)23-13-4-2-1-3-12(13)15(20-23)16(25)21-22-9-14(24)19-17(22)26/h5-8H,1-4,9H2,(H,21,25)(H,19,24,26). The van der Waals surface area contributed by atoms with E-state index >= 15 is 0 Å². The van der Waals surface area contributed by atoms with Gasteiger partial charge in [-0.05, 0) is 49.9 Å². The minimum atomic E-state index is -0.671. The first-order chi connectivity index (χ1) is 12.5. The molecule has 1 aromatic heterocycles. The number of rotatable bonds is 3. The number of urea groups is 1. The predicted octanol–water partition coefficient (Wildman–Crippen LogP) is 1.09. The molecule has 4 rings (SSSR count). The van der Waals surface area contributed by atoms with E-state index in [4.69, 9.17) is 0 Å². The number of hydrazine groups is 1. The molecule has 1 aliphatic heterocycles. The van der Waals surface area contributed by atoms with E-state index in [0.29, 0.717) is 12.1 Å². The molecule has 0 spiro atoms. The number of aromatic nitrogens is 2. The number of carbonyl (C=O) groups excluding carboxylic acids is 3. The Bertz CT molecular complexity index is 906. The van der Waals surface area contributed by atoms with Crippen LogP contribution >= 0.6 is 0 Å². The van der Waals surface area contributed by atoms with Crippen LogP contribution in [0.3, 0.4) is 0 Å². The van der Waals surface area contributed by atoms with E-state index in [0.717, 1.165) is 35.5 Å².